The highest BCUT2D eigenvalue weighted by Gasteiger charge is 2.23. The number of phosphoric ester groups is 1. The number of phosphoric acid groups is 1. The zero-order valence-corrected chi connectivity index (χ0v) is 59.8. The molecule has 0 heterocycles. The molecule has 2 N–H and O–H groups in total. The molecule has 0 rings (SSSR count). The third-order valence-corrected chi connectivity index (χ3v) is 18.0. The number of carbonyl (C=O) groups is 1. The first-order valence-electron chi connectivity index (χ1n) is 37.9. The van der Waals surface area contributed by atoms with Gasteiger partial charge in [-0.25, -0.2) is 0 Å². The van der Waals surface area contributed by atoms with Crippen molar-refractivity contribution < 1.29 is 32.9 Å². The minimum Gasteiger partial charge on any atom is -0.756 e. The van der Waals surface area contributed by atoms with Gasteiger partial charge in [0.15, 0.2) is 0 Å². The summed E-state index contributed by atoms with van der Waals surface area (Å²) in [6.07, 6.45) is 98.9. The van der Waals surface area contributed by atoms with Crippen LogP contribution in [0.2, 0.25) is 0 Å². The molecule has 88 heavy (non-hydrogen) atoms. The van der Waals surface area contributed by atoms with Gasteiger partial charge in [-0.15, -0.1) is 0 Å². The number of likely N-dealkylation sites (N-methyl/N-ethyl adjacent to an activating group) is 1. The molecule has 9 heteroatoms. The summed E-state index contributed by atoms with van der Waals surface area (Å²) in [6.45, 7) is 4.55. The van der Waals surface area contributed by atoms with Crippen LogP contribution < -0.4 is 10.2 Å². The number of hydrogen-bond donors (Lipinski definition) is 2. The fraction of sp³-hybridized carbons (Fsp3) is 0.810. The van der Waals surface area contributed by atoms with Gasteiger partial charge in [-0.3, -0.25) is 9.36 Å². The van der Waals surface area contributed by atoms with E-state index in [0.29, 0.717) is 17.4 Å². The Kier molecular flexibility index (Phi) is 67.2. The first-order chi connectivity index (χ1) is 43.0. The minimum absolute atomic E-state index is 0.00929. The monoisotopic (exact) mass is 1250 g/mol. The number of hydrogen-bond acceptors (Lipinski definition) is 6. The number of nitrogens with one attached hydrogen (secondary N) is 1. The second kappa shape index (κ2) is 69.0. The van der Waals surface area contributed by atoms with Gasteiger partial charge in [0, 0.05) is 6.42 Å². The van der Waals surface area contributed by atoms with Gasteiger partial charge < -0.3 is 28.8 Å². The Hall–Kier alpha value is -2.32. The molecule has 0 radical (unpaired) electrons. The van der Waals surface area contributed by atoms with Crippen molar-refractivity contribution in [3.63, 3.8) is 0 Å². The van der Waals surface area contributed by atoms with Crippen LogP contribution in [0.5, 0.6) is 0 Å². The molecule has 0 aromatic carbocycles. The molecule has 0 aliphatic rings. The van der Waals surface area contributed by atoms with Gasteiger partial charge in [0.05, 0.1) is 39.9 Å². The summed E-state index contributed by atoms with van der Waals surface area (Å²) in [4.78, 5) is 25.7. The van der Waals surface area contributed by atoms with Crippen molar-refractivity contribution >= 4 is 13.7 Å². The fourth-order valence-corrected chi connectivity index (χ4v) is 12.0. The number of aliphatic hydroxyl groups excluding tert-OH is 1. The molecule has 514 valence electrons. The maximum atomic E-state index is 13.1. The van der Waals surface area contributed by atoms with E-state index in [-0.39, 0.29) is 12.5 Å². The summed E-state index contributed by atoms with van der Waals surface area (Å²) in [5.41, 5.74) is 0. The lowest BCUT2D eigenvalue weighted by Crippen LogP contribution is -2.45. The van der Waals surface area contributed by atoms with E-state index >= 15 is 0 Å². The zero-order chi connectivity index (χ0) is 64.1. The summed E-state index contributed by atoms with van der Waals surface area (Å²) >= 11 is 0. The highest BCUT2D eigenvalue weighted by atomic mass is 31.2. The number of rotatable bonds is 70. The lowest BCUT2D eigenvalue weighted by Gasteiger charge is -2.29. The van der Waals surface area contributed by atoms with E-state index in [4.69, 9.17) is 9.05 Å². The number of aliphatic hydroxyl groups is 1. The summed E-state index contributed by atoms with van der Waals surface area (Å²) in [5.74, 6) is -0.206. The second-order valence-corrected chi connectivity index (χ2v) is 28.4. The predicted molar refractivity (Wildman–Crippen MR) is 385 cm³/mol. The summed E-state index contributed by atoms with van der Waals surface area (Å²) in [6, 6.07) is -0.913. The number of amides is 1. The van der Waals surface area contributed by atoms with Gasteiger partial charge in [-0.05, 0) is 83.5 Å². The smallest absolute Gasteiger partial charge is 0.268 e. The molecule has 0 aromatic heterocycles. The number of unbranched alkanes of at least 4 members (excludes halogenated alkanes) is 45. The summed E-state index contributed by atoms with van der Waals surface area (Å²) in [5, 5.41) is 14.0. The number of carbonyl (C=O) groups excluding carboxylic acids is 1. The van der Waals surface area contributed by atoms with Crippen LogP contribution in [0.3, 0.4) is 0 Å². The molecule has 0 aliphatic carbocycles. The molecule has 0 saturated heterocycles. The van der Waals surface area contributed by atoms with E-state index in [1.165, 1.54) is 270 Å². The zero-order valence-electron chi connectivity index (χ0n) is 58.9. The number of allylic oxidation sites excluding steroid dienone is 13. The van der Waals surface area contributed by atoms with E-state index < -0.39 is 26.6 Å². The highest BCUT2D eigenvalue weighted by Crippen LogP contribution is 2.38. The van der Waals surface area contributed by atoms with Gasteiger partial charge in [0.1, 0.15) is 13.2 Å². The van der Waals surface area contributed by atoms with Crippen LogP contribution in [-0.2, 0) is 18.4 Å². The summed E-state index contributed by atoms with van der Waals surface area (Å²) in [7, 11) is 1.25. The van der Waals surface area contributed by atoms with Crippen LogP contribution in [0.1, 0.15) is 361 Å². The lowest BCUT2D eigenvalue weighted by atomic mass is 10.0. The Morgan fingerprint density at radius 2 is 0.705 bits per heavy atom. The normalized spacial score (nSPS) is 14.0. The van der Waals surface area contributed by atoms with Crippen LogP contribution in [0.25, 0.3) is 0 Å². The van der Waals surface area contributed by atoms with Crippen molar-refractivity contribution in [3.05, 3.63) is 85.1 Å². The Bertz CT molecular complexity index is 1710. The Labute approximate surface area is 547 Å². The maximum absolute atomic E-state index is 13.1. The number of nitrogens with zero attached hydrogens (tertiary/aromatic N) is 1. The van der Waals surface area contributed by atoms with Crippen molar-refractivity contribution in [2.75, 3.05) is 40.9 Å². The van der Waals surface area contributed by atoms with Crippen LogP contribution in [0.4, 0.5) is 0 Å². The Morgan fingerprint density at radius 3 is 1.06 bits per heavy atom. The first-order valence-corrected chi connectivity index (χ1v) is 39.4. The molecule has 1 amide bonds. The van der Waals surface area contributed by atoms with Crippen molar-refractivity contribution in [3.8, 4) is 0 Å². The average molecular weight is 1250 g/mol. The lowest BCUT2D eigenvalue weighted by molar-refractivity contribution is -0.870. The van der Waals surface area contributed by atoms with Crippen LogP contribution in [0.15, 0.2) is 85.1 Å². The van der Waals surface area contributed by atoms with Crippen LogP contribution in [0, 0.1) is 0 Å². The Balaban J connectivity index is 4.00. The Morgan fingerprint density at radius 1 is 0.409 bits per heavy atom. The van der Waals surface area contributed by atoms with Gasteiger partial charge in [0.2, 0.25) is 5.91 Å². The van der Waals surface area contributed by atoms with E-state index in [1.54, 1.807) is 6.08 Å². The van der Waals surface area contributed by atoms with E-state index in [9.17, 15) is 19.4 Å². The van der Waals surface area contributed by atoms with E-state index in [2.05, 4.69) is 92.1 Å². The number of quaternary nitrogens is 1. The van der Waals surface area contributed by atoms with Crippen molar-refractivity contribution in [2.24, 2.45) is 0 Å². The molecule has 0 fully saturated rings. The quantitative estimate of drug-likeness (QED) is 0.0272. The van der Waals surface area contributed by atoms with Crippen molar-refractivity contribution in [1.82, 2.24) is 5.32 Å². The molecule has 8 nitrogen and oxygen atoms in total. The first kappa shape index (κ1) is 85.7. The van der Waals surface area contributed by atoms with Gasteiger partial charge in [-0.1, -0.05) is 356 Å². The molecular formula is C79H147N2O6P. The molecular weight excluding hydrogens is 1100 g/mol. The van der Waals surface area contributed by atoms with Crippen molar-refractivity contribution in [1.29, 1.82) is 0 Å². The van der Waals surface area contributed by atoms with Crippen LogP contribution >= 0.6 is 7.82 Å². The second-order valence-electron chi connectivity index (χ2n) is 27.0. The third-order valence-electron chi connectivity index (χ3n) is 17.1. The molecule has 0 aliphatic heterocycles. The standard InChI is InChI=1S/C79H147N2O6P/c1-6-8-10-12-14-16-18-20-22-24-26-28-30-32-34-35-36-37-38-39-40-41-42-43-44-45-47-49-51-53-55-57-59-61-63-65-67-69-71-73-79(83)80-77(76-87-88(84,85)86-75-74-81(3,4)5)78(82)72-70-68-66-64-62-60-58-56-54-52-50-48-46-33-31-29-27-25-23-21-19-17-15-13-11-9-7-2/h8,10,14,16,20,22,26,28,54,56,62,64,70,72,77-78,82H,6-7,9,11-13,15,17-19,21,23-25,27,29-53,55,57-61,63,65-69,71,73-76H2,1-5H3,(H-,80,83,84,85)/b10-8-,16-14-,22-20-,28-26-,56-54+,64-62+,72-70+. The third kappa shape index (κ3) is 71.1. The van der Waals surface area contributed by atoms with E-state index in [0.717, 1.165) is 70.6 Å². The van der Waals surface area contributed by atoms with Gasteiger partial charge >= 0.3 is 0 Å². The molecule has 3 atom stereocenters. The SMILES string of the molecule is CC/C=C\C/C=C\C/C=C\C/C=C\CCCCCCCCCCCCCCCCCCCCCCCCCCCCC(=O)NC(COP(=O)([O-])OCC[N+](C)(C)C)C(O)/C=C/CC/C=C/CC/C=C/CCCCCCCCCCCCCCCCCCC. The highest BCUT2D eigenvalue weighted by molar-refractivity contribution is 7.45. The minimum atomic E-state index is -4.62. The van der Waals surface area contributed by atoms with E-state index in [1.807, 2.05) is 27.2 Å². The van der Waals surface area contributed by atoms with Crippen LogP contribution in [-0.4, -0.2) is 68.5 Å². The summed E-state index contributed by atoms with van der Waals surface area (Å²) < 4.78 is 23.5. The molecule has 0 spiro atoms. The van der Waals surface area contributed by atoms with Crippen molar-refractivity contribution in [2.45, 2.75) is 373 Å². The molecule has 0 aromatic rings. The molecule has 0 bridgehead atoms. The largest absolute Gasteiger partial charge is 0.756 e. The maximum Gasteiger partial charge on any atom is 0.268 e. The topological polar surface area (TPSA) is 108 Å². The average Bonchev–Trinajstić information content (AvgIpc) is 3.70. The molecule has 0 saturated carbocycles. The fourth-order valence-electron chi connectivity index (χ4n) is 11.2. The molecule has 3 unspecified atom stereocenters. The van der Waals surface area contributed by atoms with Gasteiger partial charge in [-0.2, -0.15) is 0 Å². The van der Waals surface area contributed by atoms with Gasteiger partial charge in [0.25, 0.3) is 7.82 Å². The predicted octanol–water partition coefficient (Wildman–Crippen LogP) is 24.0.